The molecule has 1 aliphatic rings. The summed E-state index contributed by atoms with van der Waals surface area (Å²) in [6.07, 6.45) is 5.51. The number of nitrogens with zero attached hydrogens (tertiary/aromatic N) is 2. The minimum Gasteiger partial charge on any atom is -0.395 e. The second kappa shape index (κ2) is 4.89. The molecule has 0 radical (unpaired) electrons. The number of aromatic nitrogens is 2. The Morgan fingerprint density at radius 1 is 1.44 bits per heavy atom. The molecule has 1 aliphatic carbocycles. The SMILES string of the molecule is O=C(NCCO)Nc1cnc(C2CC2)nc1. The van der Waals surface area contributed by atoms with Crippen LogP contribution in [0.5, 0.6) is 0 Å². The Kier molecular flexibility index (Phi) is 3.31. The maximum atomic E-state index is 11.2. The van der Waals surface area contributed by atoms with Crippen LogP contribution in [0, 0.1) is 0 Å². The quantitative estimate of drug-likeness (QED) is 0.691. The molecule has 0 aliphatic heterocycles. The Hall–Kier alpha value is -1.69. The van der Waals surface area contributed by atoms with Crippen LogP contribution in [0.1, 0.15) is 24.6 Å². The van der Waals surface area contributed by atoms with Gasteiger partial charge >= 0.3 is 6.03 Å². The molecule has 3 N–H and O–H groups in total. The molecule has 0 spiro atoms. The van der Waals surface area contributed by atoms with Gasteiger partial charge in [-0.25, -0.2) is 14.8 Å². The lowest BCUT2D eigenvalue weighted by Crippen LogP contribution is -2.31. The molecule has 1 aromatic rings. The predicted octanol–water partition coefficient (Wildman–Crippen LogP) is 0.468. The highest BCUT2D eigenvalue weighted by atomic mass is 16.3. The summed E-state index contributed by atoms with van der Waals surface area (Å²) in [5.74, 6) is 1.36. The van der Waals surface area contributed by atoms with E-state index in [2.05, 4.69) is 20.6 Å². The summed E-state index contributed by atoms with van der Waals surface area (Å²) in [5.41, 5.74) is 0.555. The molecule has 0 saturated heterocycles. The Balaban J connectivity index is 1.86. The van der Waals surface area contributed by atoms with Crippen LogP contribution in [0.15, 0.2) is 12.4 Å². The third-order valence-corrected chi connectivity index (χ3v) is 2.27. The van der Waals surface area contributed by atoms with Gasteiger partial charge in [-0.2, -0.15) is 0 Å². The van der Waals surface area contributed by atoms with Crippen molar-refractivity contribution in [2.75, 3.05) is 18.5 Å². The lowest BCUT2D eigenvalue weighted by Gasteiger charge is -2.05. The number of carbonyl (C=O) groups excluding carboxylic acids is 1. The number of carbonyl (C=O) groups is 1. The zero-order chi connectivity index (χ0) is 11.4. The van der Waals surface area contributed by atoms with Gasteiger partial charge in [-0.15, -0.1) is 0 Å². The van der Waals surface area contributed by atoms with Crippen molar-refractivity contribution in [1.82, 2.24) is 15.3 Å². The number of aliphatic hydroxyl groups is 1. The van der Waals surface area contributed by atoms with Gasteiger partial charge in [0.1, 0.15) is 5.82 Å². The fraction of sp³-hybridized carbons (Fsp3) is 0.500. The van der Waals surface area contributed by atoms with Gasteiger partial charge in [0.2, 0.25) is 0 Å². The van der Waals surface area contributed by atoms with Crippen molar-refractivity contribution in [3.63, 3.8) is 0 Å². The van der Waals surface area contributed by atoms with Crippen molar-refractivity contribution in [1.29, 1.82) is 0 Å². The van der Waals surface area contributed by atoms with Gasteiger partial charge in [-0.05, 0) is 12.8 Å². The summed E-state index contributed by atoms with van der Waals surface area (Å²) in [6, 6.07) is -0.364. The number of hydrogen-bond acceptors (Lipinski definition) is 4. The molecular formula is C10H14N4O2. The second-order valence-electron chi connectivity index (χ2n) is 3.71. The summed E-state index contributed by atoms with van der Waals surface area (Å²) >= 11 is 0. The number of amides is 2. The summed E-state index contributed by atoms with van der Waals surface area (Å²) in [6.45, 7) is 0.150. The van der Waals surface area contributed by atoms with E-state index >= 15 is 0 Å². The van der Waals surface area contributed by atoms with Crippen molar-refractivity contribution >= 4 is 11.7 Å². The number of urea groups is 1. The molecule has 2 amide bonds. The van der Waals surface area contributed by atoms with E-state index in [4.69, 9.17) is 5.11 Å². The fourth-order valence-electron chi connectivity index (χ4n) is 1.30. The first-order valence-corrected chi connectivity index (χ1v) is 5.27. The van der Waals surface area contributed by atoms with E-state index in [9.17, 15) is 4.79 Å². The number of hydrogen-bond donors (Lipinski definition) is 3. The predicted molar refractivity (Wildman–Crippen MR) is 58.1 cm³/mol. The molecule has 1 fully saturated rings. The van der Waals surface area contributed by atoms with Crippen LogP contribution in [0.2, 0.25) is 0 Å². The smallest absolute Gasteiger partial charge is 0.319 e. The van der Waals surface area contributed by atoms with E-state index < -0.39 is 0 Å². The highest BCUT2D eigenvalue weighted by Crippen LogP contribution is 2.37. The monoisotopic (exact) mass is 222 g/mol. The van der Waals surface area contributed by atoms with E-state index in [-0.39, 0.29) is 19.2 Å². The van der Waals surface area contributed by atoms with Gasteiger partial charge in [-0.1, -0.05) is 0 Å². The molecule has 6 nitrogen and oxygen atoms in total. The average molecular weight is 222 g/mol. The van der Waals surface area contributed by atoms with E-state index in [0.29, 0.717) is 11.6 Å². The highest BCUT2D eigenvalue weighted by Gasteiger charge is 2.26. The molecule has 0 bridgehead atoms. The van der Waals surface area contributed by atoms with Crippen molar-refractivity contribution in [3.05, 3.63) is 18.2 Å². The molecular weight excluding hydrogens is 208 g/mol. The maximum absolute atomic E-state index is 11.2. The molecule has 16 heavy (non-hydrogen) atoms. The summed E-state index contributed by atoms with van der Waals surface area (Å²) in [4.78, 5) is 19.6. The number of anilines is 1. The maximum Gasteiger partial charge on any atom is 0.319 e. The van der Waals surface area contributed by atoms with E-state index in [0.717, 1.165) is 18.7 Å². The zero-order valence-corrected chi connectivity index (χ0v) is 8.81. The van der Waals surface area contributed by atoms with Crippen LogP contribution in [0.4, 0.5) is 10.5 Å². The Morgan fingerprint density at radius 2 is 2.12 bits per heavy atom. The largest absolute Gasteiger partial charge is 0.395 e. The van der Waals surface area contributed by atoms with E-state index in [1.807, 2.05) is 0 Å². The highest BCUT2D eigenvalue weighted by molar-refractivity contribution is 5.88. The Morgan fingerprint density at radius 3 is 2.69 bits per heavy atom. The van der Waals surface area contributed by atoms with Crippen LogP contribution in [0.3, 0.4) is 0 Å². The molecule has 6 heteroatoms. The first-order chi connectivity index (χ1) is 7.79. The Labute approximate surface area is 93.1 Å². The zero-order valence-electron chi connectivity index (χ0n) is 8.81. The molecule has 1 aromatic heterocycles. The molecule has 1 heterocycles. The van der Waals surface area contributed by atoms with Crippen LogP contribution in [-0.2, 0) is 0 Å². The normalized spacial score (nSPS) is 14.6. The summed E-state index contributed by atoms with van der Waals surface area (Å²) in [7, 11) is 0. The second-order valence-corrected chi connectivity index (χ2v) is 3.71. The third-order valence-electron chi connectivity index (χ3n) is 2.27. The standard InChI is InChI=1S/C10H14N4O2/c15-4-3-11-10(16)14-8-5-12-9(13-6-8)7-1-2-7/h5-7,15H,1-4H2,(H2,11,14,16). The van der Waals surface area contributed by atoms with Gasteiger partial charge in [-0.3, -0.25) is 0 Å². The van der Waals surface area contributed by atoms with Crippen LogP contribution >= 0.6 is 0 Å². The summed E-state index contributed by atoms with van der Waals surface area (Å²) < 4.78 is 0. The third kappa shape index (κ3) is 2.90. The molecule has 0 unspecified atom stereocenters. The summed E-state index contributed by atoms with van der Waals surface area (Å²) in [5, 5.41) is 13.6. The lowest BCUT2D eigenvalue weighted by molar-refractivity contribution is 0.245. The van der Waals surface area contributed by atoms with Crippen molar-refractivity contribution in [3.8, 4) is 0 Å². The van der Waals surface area contributed by atoms with E-state index in [1.54, 1.807) is 12.4 Å². The van der Waals surface area contributed by atoms with Gasteiger partial charge < -0.3 is 15.7 Å². The first-order valence-electron chi connectivity index (χ1n) is 5.27. The van der Waals surface area contributed by atoms with Crippen LogP contribution in [0.25, 0.3) is 0 Å². The van der Waals surface area contributed by atoms with Gasteiger partial charge in [0, 0.05) is 12.5 Å². The molecule has 2 rings (SSSR count). The van der Waals surface area contributed by atoms with E-state index in [1.165, 1.54) is 0 Å². The van der Waals surface area contributed by atoms with Crippen molar-refractivity contribution in [2.24, 2.45) is 0 Å². The van der Waals surface area contributed by atoms with Crippen LogP contribution < -0.4 is 10.6 Å². The topological polar surface area (TPSA) is 87.1 Å². The molecule has 0 atom stereocenters. The minimum absolute atomic E-state index is 0.0788. The van der Waals surface area contributed by atoms with Gasteiger partial charge in [0.05, 0.1) is 24.7 Å². The minimum atomic E-state index is -0.364. The van der Waals surface area contributed by atoms with Gasteiger partial charge in [0.25, 0.3) is 0 Å². The van der Waals surface area contributed by atoms with Crippen LogP contribution in [-0.4, -0.2) is 34.3 Å². The van der Waals surface area contributed by atoms with Crippen molar-refractivity contribution < 1.29 is 9.90 Å². The average Bonchev–Trinajstić information content (AvgIpc) is 3.11. The molecule has 86 valence electrons. The van der Waals surface area contributed by atoms with Crippen molar-refractivity contribution in [2.45, 2.75) is 18.8 Å². The number of nitrogens with one attached hydrogen (secondary N) is 2. The molecule has 0 aromatic carbocycles. The fourth-order valence-corrected chi connectivity index (χ4v) is 1.30. The van der Waals surface area contributed by atoms with Gasteiger partial charge in [0.15, 0.2) is 0 Å². The lowest BCUT2D eigenvalue weighted by atomic mass is 10.4. The number of rotatable bonds is 4. The first kappa shape index (κ1) is 10.8. The molecule has 1 saturated carbocycles. The number of aliphatic hydroxyl groups excluding tert-OH is 1. The Bertz CT molecular complexity index is 362.